The van der Waals surface area contributed by atoms with Gasteiger partial charge in [-0.2, -0.15) is 0 Å². The molecule has 0 fully saturated rings. The molecule has 46 valence electrons. The van der Waals surface area contributed by atoms with E-state index in [9.17, 15) is 4.79 Å². The maximum absolute atomic E-state index is 10.0. The number of hydrogen-bond donors (Lipinski definition) is 1. The summed E-state index contributed by atoms with van der Waals surface area (Å²) >= 11 is 0. The zero-order valence-corrected chi connectivity index (χ0v) is 4.79. The summed E-state index contributed by atoms with van der Waals surface area (Å²) in [6.45, 7) is 0. The predicted octanol–water partition coefficient (Wildman–Crippen LogP) is 1.11. The van der Waals surface area contributed by atoms with Gasteiger partial charge in [-0.15, -0.1) is 5.73 Å². The van der Waals surface area contributed by atoms with Crippen LogP contribution in [0.3, 0.4) is 0 Å². The van der Waals surface area contributed by atoms with Crippen molar-refractivity contribution in [3.63, 3.8) is 0 Å². The van der Waals surface area contributed by atoms with Crippen molar-refractivity contribution in [3.8, 4) is 0 Å². The summed E-state index contributed by atoms with van der Waals surface area (Å²) in [7, 11) is 0. The van der Waals surface area contributed by atoms with Gasteiger partial charge in [0.25, 0.3) is 0 Å². The molecule has 0 aromatic carbocycles. The first kappa shape index (κ1) is 5.86. The Bertz CT molecular complexity index is 217. The van der Waals surface area contributed by atoms with Gasteiger partial charge in [-0.25, -0.2) is 0 Å². The molecular weight excluding hydrogens is 116 g/mol. The van der Waals surface area contributed by atoms with Crippen LogP contribution in [0.1, 0.15) is 6.42 Å². The minimum absolute atomic E-state index is 0.0764. The number of aliphatic carboxylic acids is 1. The minimum Gasteiger partial charge on any atom is -0.481 e. The Morgan fingerprint density at radius 3 is 3.00 bits per heavy atom. The summed E-state index contributed by atoms with van der Waals surface area (Å²) in [4.78, 5) is 10.0. The summed E-state index contributed by atoms with van der Waals surface area (Å²) in [5.41, 5.74) is 3.53. The van der Waals surface area contributed by atoms with E-state index >= 15 is 0 Å². The van der Waals surface area contributed by atoms with Crippen molar-refractivity contribution in [2.24, 2.45) is 0 Å². The lowest BCUT2D eigenvalue weighted by atomic mass is 10.2. The lowest BCUT2D eigenvalue weighted by Crippen LogP contribution is -1.93. The lowest BCUT2D eigenvalue weighted by Gasteiger charge is -1.87. The molecule has 0 aromatic heterocycles. The molecule has 2 nitrogen and oxygen atoms in total. The molecular formula is C7H6O2. The van der Waals surface area contributed by atoms with E-state index in [0.717, 1.165) is 5.57 Å². The average molecular weight is 122 g/mol. The molecule has 0 atom stereocenters. The fourth-order valence-electron chi connectivity index (χ4n) is 0.640. The molecule has 0 amide bonds. The van der Waals surface area contributed by atoms with Gasteiger partial charge in [0.1, 0.15) is 0 Å². The Kier molecular flexibility index (Phi) is 1.52. The van der Waals surface area contributed by atoms with Crippen molar-refractivity contribution in [2.75, 3.05) is 0 Å². The summed E-state index contributed by atoms with van der Waals surface area (Å²) in [5, 5.41) is 8.27. The number of hydrogen-bond acceptors (Lipinski definition) is 1. The lowest BCUT2D eigenvalue weighted by molar-refractivity contribution is -0.136. The average Bonchev–Trinajstić information content (AvgIpc) is 2.15. The molecule has 1 aliphatic rings. The van der Waals surface area contributed by atoms with Crippen molar-refractivity contribution >= 4 is 5.97 Å². The third-order valence-electron chi connectivity index (χ3n) is 1.00. The molecule has 1 aliphatic carbocycles. The van der Waals surface area contributed by atoms with Crippen molar-refractivity contribution in [2.45, 2.75) is 6.42 Å². The normalized spacial score (nSPS) is 14.0. The molecule has 0 aliphatic heterocycles. The predicted molar refractivity (Wildman–Crippen MR) is 33.0 cm³/mol. The van der Waals surface area contributed by atoms with Gasteiger partial charge in [-0.1, -0.05) is 12.2 Å². The first-order chi connectivity index (χ1) is 4.29. The van der Waals surface area contributed by atoms with Crippen LogP contribution in [0.5, 0.6) is 0 Å². The molecule has 0 unspecified atom stereocenters. The molecule has 0 spiro atoms. The van der Waals surface area contributed by atoms with Crippen LogP contribution in [0, 0.1) is 0 Å². The SMILES string of the molecule is O=C(O)CC1=C=CC=C1. The van der Waals surface area contributed by atoms with Crippen molar-refractivity contribution in [3.05, 3.63) is 29.5 Å². The van der Waals surface area contributed by atoms with E-state index in [1.165, 1.54) is 0 Å². The van der Waals surface area contributed by atoms with Crippen LogP contribution in [-0.4, -0.2) is 11.1 Å². The summed E-state index contributed by atoms with van der Waals surface area (Å²) in [6, 6.07) is 0. The summed E-state index contributed by atoms with van der Waals surface area (Å²) in [5.74, 6) is -0.808. The Morgan fingerprint density at radius 1 is 1.78 bits per heavy atom. The zero-order valence-electron chi connectivity index (χ0n) is 4.79. The molecule has 1 rings (SSSR count). The fraction of sp³-hybridized carbons (Fsp3) is 0.143. The third kappa shape index (κ3) is 1.59. The van der Waals surface area contributed by atoms with Crippen LogP contribution in [0.15, 0.2) is 29.5 Å². The molecule has 0 bridgehead atoms. The van der Waals surface area contributed by atoms with Gasteiger partial charge >= 0.3 is 5.97 Å². The van der Waals surface area contributed by atoms with E-state index in [-0.39, 0.29) is 6.42 Å². The highest BCUT2D eigenvalue weighted by atomic mass is 16.4. The fourth-order valence-corrected chi connectivity index (χ4v) is 0.640. The molecule has 9 heavy (non-hydrogen) atoms. The maximum atomic E-state index is 10.0. The summed E-state index contributed by atoms with van der Waals surface area (Å²) < 4.78 is 0. The van der Waals surface area contributed by atoms with Gasteiger partial charge in [0.2, 0.25) is 0 Å². The molecule has 0 radical (unpaired) electrons. The van der Waals surface area contributed by atoms with Crippen LogP contribution in [0.2, 0.25) is 0 Å². The van der Waals surface area contributed by atoms with Gasteiger partial charge < -0.3 is 5.11 Å². The topological polar surface area (TPSA) is 37.3 Å². The quantitative estimate of drug-likeness (QED) is 0.557. The van der Waals surface area contributed by atoms with Crippen LogP contribution in [0.25, 0.3) is 0 Å². The van der Waals surface area contributed by atoms with Gasteiger partial charge in [-0.3, -0.25) is 4.79 Å². The molecule has 2 heteroatoms. The van der Waals surface area contributed by atoms with Crippen LogP contribution in [0.4, 0.5) is 0 Å². The smallest absolute Gasteiger partial charge is 0.308 e. The first-order valence-electron chi connectivity index (χ1n) is 2.63. The number of carbonyl (C=O) groups is 1. The number of rotatable bonds is 2. The second-order valence-electron chi connectivity index (χ2n) is 1.77. The molecule has 0 aromatic rings. The number of carboxylic acids is 1. The number of allylic oxidation sites excluding steroid dienone is 2. The Morgan fingerprint density at radius 2 is 2.56 bits per heavy atom. The first-order valence-corrected chi connectivity index (χ1v) is 2.63. The van der Waals surface area contributed by atoms with Crippen LogP contribution in [-0.2, 0) is 4.79 Å². The molecule has 0 saturated carbocycles. The van der Waals surface area contributed by atoms with Gasteiger partial charge in [-0.05, 0) is 6.08 Å². The molecule has 1 N–H and O–H groups in total. The van der Waals surface area contributed by atoms with E-state index in [0.29, 0.717) is 0 Å². The largest absolute Gasteiger partial charge is 0.481 e. The van der Waals surface area contributed by atoms with E-state index < -0.39 is 5.97 Å². The van der Waals surface area contributed by atoms with Crippen LogP contribution >= 0.6 is 0 Å². The Hall–Kier alpha value is -1.27. The van der Waals surface area contributed by atoms with Gasteiger partial charge in [0.05, 0.1) is 6.42 Å². The minimum atomic E-state index is -0.808. The number of carboxylic acid groups (broad SMARTS) is 1. The van der Waals surface area contributed by atoms with Crippen molar-refractivity contribution in [1.82, 2.24) is 0 Å². The standard InChI is InChI=1S/C7H6O2/c8-7(9)5-6-3-1-2-4-6/h1-3H,5H2,(H,8,9). The van der Waals surface area contributed by atoms with E-state index in [4.69, 9.17) is 5.11 Å². The van der Waals surface area contributed by atoms with E-state index in [1.807, 2.05) is 0 Å². The van der Waals surface area contributed by atoms with Gasteiger partial charge in [0.15, 0.2) is 0 Å². The van der Waals surface area contributed by atoms with Crippen LogP contribution < -0.4 is 0 Å². The Balaban J connectivity index is 2.56. The summed E-state index contributed by atoms with van der Waals surface area (Å²) in [6.07, 6.45) is 5.30. The third-order valence-corrected chi connectivity index (χ3v) is 1.00. The van der Waals surface area contributed by atoms with Crippen molar-refractivity contribution < 1.29 is 9.90 Å². The highest BCUT2D eigenvalue weighted by molar-refractivity contribution is 5.71. The Labute approximate surface area is 52.8 Å². The highest BCUT2D eigenvalue weighted by Gasteiger charge is 1.99. The highest BCUT2D eigenvalue weighted by Crippen LogP contribution is 2.05. The molecule has 0 saturated heterocycles. The maximum Gasteiger partial charge on any atom is 0.308 e. The second kappa shape index (κ2) is 2.33. The van der Waals surface area contributed by atoms with E-state index in [2.05, 4.69) is 5.73 Å². The van der Waals surface area contributed by atoms with E-state index in [1.54, 1.807) is 18.2 Å². The molecule has 0 heterocycles. The van der Waals surface area contributed by atoms with Gasteiger partial charge in [0, 0.05) is 5.57 Å². The monoisotopic (exact) mass is 122 g/mol. The zero-order chi connectivity index (χ0) is 6.69. The second-order valence-corrected chi connectivity index (χ2v) is 1.77. The van der Waals surface area contributed by atoms with Crippen molar-refractivity contribution in [1.29, 1.82) is 0 Å².